The number of hydrogen-bond acceptors (Lipinski definition) is 12. The van der Waals surface area contributed by atoms with Crippen molar-refractivity contribution in [3.8, 4) is 41.2 Å². The maximum Gasteiger partial charge on any atom is 0.410 e. The van der Waals surface area contributed by atoms with Crippen LogP contribution in [-0.2, 0) is 9.47 Å². The molecule has 1 amide bonds. The number of rotatable bonds is 9. The van der Waals surface area contributed by atoms with E-state index in [0.29, 0.717) is 37.5 Å². The summed E-state index contributed by atoms with van der Waals surface area (Å²) >= 11 is 0. The third-order valence-corrected chi connectivity index (χ3v) is 12.7. The molecule has 0 spiro atoms. The van der Waals surface area contributed by atoms with Crippen LogP contribution in [0.3, 0.4) is 0 Å². The number of carbonyl (C=O) groups is 1. The third-order valence-electron chi connectivity index (χ3n) is 12.7. The van der Waals surface area contributed by atoms with Gasteiger partial charge in [-0.3, -0.25) is 4.90 Å². The van der Waals surface area contributed by atoms with Crippen LogP contribution in [0.25, 0.3) is 32.9 Å². The Bertz CT molecular complexity index is 2310. The van der Waals surface area contributed by atoms with Crippen molar-refractivity contribution in [2.75, 3.05) is 71.1 Å². The van der Waals surface area contributed by atoms with Gasteiger partial charge in [-0.2, -0.15) is 9.97 Å². The summed E-state index contributed by atoms with van der Waals surface area (Å²) in [5, 5.41) is 22.7. The number of likely N-dealkylation sites (tertiary alicyclic amines) is 2. The van der Waals surface area contributed by atoms with Crippen molar-refractivity contribution in [1.82, 2.24) is 24.8 Å². The lowest BCUT2D eigenvalue weighted by atomic mass is 9.75. The van der Waals surface area contributed by atoms with Crippen LogP contribution in [0.1, 0.15) is 71.3 Å². The molecule has 4 fully saturated rings. The second-order valence-electron chi connectivity index (χ2n) is 17.5. The molecule has 13 nitrogen and oxygen atoms in total. The highest BCUT2D eigenvalue weighted by molar-refractivity contribution is 6.04. The molecule has 3 saturated heterocycles. The average molecular weight is 829 g/mol. The number of β-amino-alcohol motifs (C(OH)–C–C–N with tert-alkyl or cyclic N) is 1. The van der Waals surface area contributed by atoms with Crippen molar-refractivity contribution < 1.29 is 42.7 Å². The number of aromatic hydroxyl groups is 1. The van der Waals surface area contributed by atoms with E-state index in [1.54, 1.807) is 11.8 Å². The number of phenolic OH excluding ortho intramolecular Hbond substituents is 1. The Hall–Kier alpha value is -5.04. The molecular weight excluding hydrogens is 775 g/mol. The van der Waals surface area contributed by atoms with E-state index in [-0.39, 0.29) is 100.0 Å². The van der Waals surface area contributed by atoms with Gasteiger partial charge < -0.3 is 39.0 Å². The standard InChI is InChI=1S/C45H54F2N6O7/c1-6-31-33(46)11-10-29-21-30(54)22-32(35(29)31)38-37(47)39-36(41(48-38)57-5)40(53-19-20-58-25-44(4,56)24-53)50-42(49-39)59-26-45-14-7-9-34(45)52(16-8-15-45)23-28-12-17-51(18-13-28)43(55)60-27(2)3/h1,10-11,21-22,27-28,34,54,56H,7-9,12-20,23-26H2,2-5H3. The number of ether oxygens (including phenoxy) is 4. The summed E-state index contributed by atoms with van der Waals surface area (Å²) in [4.78, 5) is 33.0. The van der Waals surface area contributed by atoms with Crippen LogP contribution in [0.5, 0.6) is 17.6 Å². The minimum absolute atomic E-state index is 0.0251. The third kappa shape index (κ3) is 8.09. The largest absolute Gasteiger partial charge is 0.508 e. The molecule has 8 rings (SSSR count). The molecule has 2 aromatic heterocycles. The van der Waals surface area contributed by atoms with Gasteiger partial charge in [-0.15, -0.1) is 6.42 Å². The number of nitrogens with zero attached hydrogens (tertiary/aromatic N) is 6. The molecule has 15 heteroatoms. The maximum absolute atomic E-state index is 17.4. The molecule has 60 heavy (non-hydrogen) atoms. The minimum atomic E-state index is -1.26. The molecule has 4 aromatic rings. The van der Waals surface area contributed by atoms with Crippen LogP contribution in [0.2, 0.25) is 0 Å². The predicted molar refractivity (Wildman–Crippen MR) is 222 cm³/mol. The van der Waals surface area contributed by atoms with Crippen molar-refractivity contribution in [2.24, 2.45) is 11.3 Å². The van der Waals surface area contributed by atoms with Crippen molar-refractivity contribution >= 4 is 33.6 Å². The normalized spacial score (nSPS) is 24.1. The Morgan fingerprint density at radius 1 is 1.07 bits per heavy atom. The number of phenols is 1. The van der Waals surface area contributed by atoms with Gasteiger partial charge in [-0.1, -0.05) is 18.4 Å². The molecule has 3 atom stereocenters. The zero-order valence-electron chi connectivity index (χ0n) is 34.8. The summed E-state index contributed by atoms with van der Waals surface area (Å²) in [6.07, 6.45) is 12.3. The summed E-state index contributed by atoms with van der Waals surface area (Å²) in [5.74, 6) is 1.32. The molecule has 2 N–H and O–H groups in total. The summed E-state index contributed by atoms with van der Waals surface area (Å²) in [7, 11) is 1.39. The van der Waals surface area contributed by atoms with Crippen molar-refractivity contribution in [1.29, 1.82) is 0 Å². The number of anilines is 1. The van der Waals surface area contributed by atoms with Crippen LogP contribution in [0.4, 0.5) is 19.4 Å². The van der Waals surface area contributed by atoms with Gasteiger partial charge in [0, 0.05) is 48.6 Å². The number of methoxy groups -OCH3 is 1. The van der Waals surface area contributed by atoms with Gasteiger partial charge in [0.05, 0.1) is 45.1 Å². The fraction of sp³-hybridized carbons (Fsp3) is 0.556. The van der Waals surface area contributed by atoms with Crippen molar-refractivity contribution in [3.05, 3.63) is 41.5 Å². The number of aromatic nitrogens is 3. The van der Waals surface area contributed by atoms with E-state index in [4.69, 9.17) is 35.3 Å². The smallest absolute Gasteiger partial charge is 0.410 e. The highest BCUT2D eigenvalue weighted by atomic mass is 19.1. The molecule has 2 aromatic carbocycles. The highest BCUT2D eigenvalue weighted by Gasteiger charge is 2.49. The number of aliphatic hydroxyl groups is 1. The lowest BCUT2D eigenvalue weighted by Gasteiger charge is -2.47. The number of carbonyl (C=O) groups excluding carboxylic acids is 1. The Balaban J connectivity index is 1.15. The monoisotopic (exact) mass is 828 g/mol. The van der Waals surface area contributed by atoms with Crippen LogP contribution in [-0.4, -0.2) is 125 Å². The van der Waals surface area contributed by atoms with E-state index >= 15 is 8.78 Å². The van der Waals surface area contributed by atoms with Crippen LogP contribution in [0, 0.1) is 35.3 Å². The molecule has 0 radical (unpaired) electrons. The topological polar surface area (TPSA) is 143 Å². The average Bonchev–Trinajstić information content (AvgIpc) is 3.57. The first-order valence-corrected chi connectivity index (χ1v) is 21.0. The Morgan fingerprint density at radius 2 is 1.85 bits per heavy atom. The molecule has 1 saturated carbocycles. The van der Waals surface area contributed by atoms with Crippen molar-refractivity contribution in [3.63, 3.8) is 0 Å². The summed E-state index contributed by atoms with van der Waals surface area (Å²) in [6, 6.07) is 5.61. The zero-order chi connectivity index (χ0) is 42.3. The Kier molecular flexibility index (Phi) is 11.7. The maximum atomic E-state index is 17.4. The van der Waals surface area contributed by atoms with Gasteiger partial charge in [-0.05, 0) is 95.3 Å². The molecule has 1 aliphatic carbocycles. The second kappa shape index (κ2) is 16.8. The Labute approximate surface area is 349 Å². The van der Waals surface area contributed by atoms with Gasteiger partial charge in [0.15, 0.2) is 5.82 Å². The number of terminal acetylenes is 1. The number of halogens is 2. The molecule has 3 unspecified atom stereocenters. The van der Waals surface area contributed by atoms with E-state index in [1.165, 1.54) is 31.4 Å². The van der Waals surface area contributed by atoms with E-state index in [2.05, 4.69) is 15.8 Å². The van der Waals surface area contributed by atoms with Gasteiger partial charge in [0.1, 0.15) is 39.6 Å². The number of hydrogen-bond donors (Lipinski definition) is 2. The summed E-state index contributed by atoms with van der Waals surface area (Å²) < 4.78 is 56.2. The second-order valence-corrected chi connectivity index (χ2v) is 17.5. The zero-order valence-corrected chi connectivity index (χ0v) is 34.8. The quantitative estimate of drug-likeness (QED) is 0.174. The lowest BCUT2D eigenvalue weighted by Crippen LogP contribution is -2.54. The predicted octanol–water partition coefficient (Wildman–Crippen LogP) is 6.68. The molecule has 320 valence electrons. The van der Waals surface area contributed by atoms with Gasteiger partial charge in [-0.25, -0.2) is 18.6 Å². The summed E-state index contributed by atoms with van der Waals surface area (Å²) in [6.45, 7) is 9.80. The number of amides is 1. The van der Waals surface area contributed by atoms with Gasteiger partial charge >= 0.3 is 12.1 Å². The van der Waals surface area contributed by atoms with Gasteiger partial charge in [0.25, 0.3) is 0 Å². The van der Waals surface area contributed by atoms with E-state index in [0.717, 1.165) is 58.0 Å². The summed E-state index contributed by atoms with van der Waals surface area (Å²) in [5.41, 5.74) is -1.91. The van der Waals surface area contributed by atoms with Gasteiger partial charge in [0.2, 0.25) is 5.88 Å². The van der Waals surface area contributed by atoms with Crippen LogP contribution >= 0.6 is 0 Å². The number of pyridine rings is 1. The molecule has 4 aliphatic rings. The van der Waals surface area contributed by atoms with E-state index in [1.807, 2.05) is 18.7 Å². The first kappa shape index (κ1) is 41.7. The molecular formula is C45H54F2N6O7. The van der Waals surface area contributed by atoms with Crippen LogP contribution < -0.4 is 14.4 Å². The van der Waals surface area contributed by atoms with E-state index in [9.17, 15) is 15.0 Å². The number of fused-ring (bicyclic) bond motifs is 3. The SMILES string of the molecule is C#Cc1c(F)ccc2cc(O)cc(-c3nc(OC)c4c(N5CCOCC(C)(O)C5)nc(OCC56CCCC5N(CC5CCN(C(=O)OC(C)C)CC5)CCC6)nc4c3F)c12. The Morgan fingerprint density at radius 3 is 2.60 bits per heavy atom. The number of benzene rings is 2. The number of piperidine rings is 2. The molecule has 3 aliphatic heterocycles. The fourth-order valence-corrected chi connectivity index (χ4v) is 10.0. The minimum Gasteiger partial charge on any atom is -0.508 e. The molecule has 5 heterocycles. The highest BCUT2D eigenvalue weighted by Crippen LogP contribution is 2.49. The van der Waals surface area contributed by atoms with Crippen molar-refractivity contribution in [2.45, 2.75) is 83.5 Å². The first-order valence-electron chi connectivity index (χ1n) is 21.0. The lowest BCUT2D eigenvalue weighted by molar-refractivity contribution is -0.0129. The van der Waals surface area contributed by atoms with Crippen LogP contribution in [0.15, 0.2) is 24.3 Å². The molecule has 0 bridgehead atoms. The fourth-order valence-electron chi connectivity index (χ4n) is 10.0. The van der Waals surface area contributed by atoms with E-state index < -0.39 is 17.2 Å². The first-order chi connectivity index (χ1) is 28.8.